The highest BCUT2D eigenvalue weighted by Gasteiger charge is 2.23. The maximum atomic E-state index is 11.9. The van der Waals surface area contributed by atoms with Crippen molar-refractivity contribution in [1.82, 2.24) is 4.90 Å². The Morgan fingerprint density at radius 3 is 2.86 bits per heavy atom. The molecule has 1 aliphatic rings. The van der Waals surface area contributed by atoms with Crippen LogP contribution in [0.1, 0.15) is 12.0 Å². The zero-order valence-corrected chi connectivity index (χ0v) is 12.2. The Kier molecular flexibility index (Phi) is 5.21. The SMILES string of the molecule is O=C(O)CCc1cccc(NC(=O)CN2CCSC2=O)c1. The van der Waals surface area contributed by atoms with Crippen molar-refractivity contribution in [2.24, 2.45) is 0 Å². The minimum atomic E-state index is -0.852. The third-order valence-corrected chi connectivity index (χ3v) is 3.91. The lowest BCUT2D eigenvalue weighted by Gasteiger charge is -2.14. The summed E-state index contributed by atoms with van der Waals surface area (Å²) in [6, 6.07) is 7.08. The number of amides is 2. The first-order valence-electron chi connectivity index (χ1n) is 6.57. The highest BCUT2D eigenvalue weighted by Crippen LogP contribution is 2.17. The standard InChI is InChI=1S/C14H16N2O4S/c17-12(9-16-6-7-21-14(16)20)15-11-3-1-2-10(8-11)4-5-13(18)19/h1-3,8H,4-7,9H2,(H,15,17)(H,18,19). The summed E-state index contributed by atoms with van der Waals surface area (Å²) >= 11 is 1.22. The molecule has 1 aromatic rings. The van der Waals surface area contributed by atoms with E-state index in [-0.39, 0.29) is 24.1 Å². The normalized spacial score (nSPS) is 14.3. The highest BCUT2D eigenvalue weighted by molar-refractivity contribution is 8.13. The van der Waals surface area contributed by atoms with E-state index in [1.165, 1.54) is 16.7 Å². The summed E-state index contributed by atoms with van der Waals surface area (Å²) in [5.41, 5.74) is 1.46. The van der Waals surface area contributed by atoms with Crippen molar-refractivity contribution in [2.75, 3.05) is 24.2 Å². The summed E-state index contributed by atoms with van der Waals surface area (Å²) in [5, 5.41) is 11.3. The number of carboxylic acids is 1. The Morgan fingerprint density at radius 2 is 2.19 bits per heavy atom. The van der Waals surface area contributed by atoms with Gasteiger partial charge in [-0.05, 0) is 24.1 Å². The fourth-order valence-electron chi connectivity index (χ4n) is 2.00. The van der Waals surface area contributed by atoms with Crippen molar-refractivity contribution in [2.45, 2.75) is 12.8 Å². The highest BCUT2D eigenvalue weighted by atomic mass is 32.2. The number of rotatable bonds is 6. The van der Waals surface area contributed by atoms with Crippen molar-refractivity contribution >= 4 is 34.6 Å². The molecule has 1 saturated heterocycles. The molecule has 0 bridgehead atoms. The fourth-order valence-corrected chi connectivity index (χ4v) is 2.82. The van der Waals surface area contributed by atoms with Crippen LogP contribution in [-0.2, 0) is 16.0 Å². The van der Waals surface area contributed by atoms with Crippen LogP contribution in [0.2, 0.25) is 0 Å². The van der Waals surface area contributed by atoms with E-state index in [0.717, 1.165) is 11.3 Å². The minimum Gasteiger partial charge on any atom is -0.481 e. The lowest BCUT2D eigenvalue weighted by atomic mass is 10.1. The molecular formula is C14H16N2O4S. The van der Waals surface area contributed by atoms with Gasteiger partial charge in [-0.25, -0.2) is 0 Å². The summed E-state index contributed by atoms with van der Waals surface area (Å²) in [6.07, 6.45) is 0.469. The van der Waals surface area contributed by atoms with Crippen LogP contribution < -0.4 is 5.32 Å². The van der Waals surface area contributed by atoms with Gasteiger partial charge in [0, 0.05) is 24.4 Å². The number of hydrogen-bond acceptors (Lipinski definition) is 4. The first-order valence-corrected chi connectivity index (χ1v) is 7.55. The number of anilines is 1. The summed E-state index contributed by atoms with van der Waals surface area (Å²) in [4.78, 5) is 35.4. The van der Waals surface area contributed by atoms with E-state index >= 15 is 0 Å². The molecule has 0 aliphatic carbocycles. The molecule has 1 aromatic carbocycles. The van der Waals surface area contributed by atoms with Gasteiger partial charge in [0.15, 0.2) is 0 Å². The second-order valence-corrected chi connectivity index (χ2v) is 5.72. The smallest absolute Gasteiger partial charge is 0.303 e. The number of nitrogens with one attached hydrogen (secondary N) is 1. The Morgan fingerprint density at radius 1 is 1.38 bits per heavy atom. The quantitative estimate of drug-likeness (QED) is 0.837. The molecule has 0 radical (unpaired) electrons. The first kappa shape index (κ1) is 15.4. The van der Waals surface area contributed by atoms with Crippen LogP contribution in [0.15, 0.2) is 24.3 Å². The predicted octanol–water partition coefficient (Wildman–Crippen LogP) is 1.81. The summed E-state index contributed by atoms with van der Waals surface area (Å²) in [5.74, 6) is -0.382. The monoisotopic (exact) mass is 308 g/mol. The third kappa shape index (κ3) is 4.78. The van der Waals surface area contributed by atoms with Crippen LogP contribution in [-0.4, -0.2) is 46.0 Å². The number of nitrogens with zero attached hydrogens (tertiary/aromatic N) is 1. The van der Waals surface area contributed by atoms with Gasteiger partial charge < -0.3 is 15.3 Å². The van der Waals surface area contributed by atoms with Gasteiger partial charge in [0.2, 0.25) is 5.91 Å². The number of hydrogen-bond donors (Lipinski definition) is 2. The molecule has 1 fully saturated rings. The van der Waals surface area contributed by atoms with Crippen LogP contribution >= 0.6 is 11.8 Å². The average molecular weight is 308 g/mol. The molecule has 0 saturated carbocycles. The molecular weight excluding hydrogens is 292 g/mol. The summed E-state index contributed by atoms with van der Waals surface area (Å²) in [6.45, 7) is 0.640. The second kappa shape index (κ2) is 7.12. The van der Waals surface area contributed by atoms with Crippen LogP contribution in [0, 0.1) is 0 Å². The van der Waals surface area contributed by atoms with E-state index in [2.05, 4.69) is 5.32 Å². The topological polar surface area (TPSA) is 86.7 Å². The van der Waals surface area contributed by atoms with Gasteiger partial charge in [-0.2, -0.15) is 0 Å². The maximum Gasteiger partial charge on any atom is 0.303 e. The van der Waals surface area contributed by atoms with Crippen molar-refractivity contribution in [1.29, 1.82) is 0 Å². The van der Waals surface area contributed by atoms with Gasteiger partial charge in [-0.3, -0.25) is 14.4 Å². The lowest BCUT2D eigenvalue weighted by Crippen LogP contribution is -2.33. The summed E-state index contributed by atoms with van der Waals surface area (Å²) in [7, 11) is 0. The second-order valence-electron chi connectivity index (χ2n) is 4.68. The molecule has 1 heterocycles. The van der Waals surface area contributed by atoms with Gasteiger partial charge >= 0.3 is 5.97 Å². The molecule has 0 atom stereocenters. The van der Waals surface area contributed by atoms with E-state index in [9.17, 15) is 14.4 Å². The van der Waals surface area contributed by atoms with Crippen molar-refractivity contribution in [3.8, 4) is 0 Å². The number of carbonyl (C=O) groups is 3. The average Bonchev–Trinajstić information content (AvgIpc) is 2.82. The van der Waals surface area contributed by atoms with Crippen LogP contribution in [0.25, 0.3) is 0 Å². The van der Waals surface area contributed by atoms with Gasteiger partial charge in [0.25, 0.3) is 5.24 Å². The summed E-state index contributed by atoms with van der Waals surface area (Å²) < 4.78 is 0. The predicted molar refractivity (Wildman–Crippen MR) is 80.5 cm³/mol. The van der Waals surface area contributed by atoms with E-state index < -0.39 is 5.97 Å². The molecule has 7 heteroatoms. The lowest BCUT2D eigenvalue weighted by molar-refractivity contribution is -0.137. The molecule has 0 unspecified atom stereocenters. The Balaban J connectivity index is 1.89. The van der Waals surface area contributed by atoms with E-state index in [1.54, 1.807) is 18.2 Å². The molecule has 6 nitrogen and oxygen atoms in total. The number of benzene rings is 1. The third-order valence-electron chi connectivity index (χ3n) is 3.02. The number of carboxylic acid groups (broad SMARTS) is 1. The van der Waals surface area contributed by atoms with E-state index in [0.29, 0.717) is 18.7 Å². The van der Waals surface area contributed by atoms with Gasteiger partial charge in [-0.15, -0.1) is 0 Å². The maximum absolute atomic E-state index is 11.9. The van der Waals surface area contributed by atoms with Crippen molar-refractivity contribution in [3.63, 3.8) is 0 Å². The molecule has 1 aliphatic heterocycles. The largest absolute Gasteiger partial charge is 0.481 e. The van der Waals surface area contributed by atoms with Gasteiger partial charge in [-0.1, -0.05) is 23.9 Å². The first-order chi connectivity index (χ1) is 10.0. The zero-order chi connectivity index (χ0) is 15.2. The van der Waals surface area contributed by atoms with E-state index in [4.69, 9.17) is 5.11 Å². The number of thioether (sulfide) groups is 1. The Labute approximate surface area is 126 Å². The van der Waals surface area contributed by atoms with Crippen molar-refractivity contribution in [3.05, 3.63) is 29.8 Å². The number of carbonyl (C=O) groups excluding carboxylic acids is 2. The fraction of sp³-hybridized carbons (Fsp3) is 0.357. The molecule has 2 rings (SSSR count). The molecule has 0 spiro atoms. The molecule has 21 heavy (non-hydrogen) atoms. The van der Waals surface area contributed by atoms with Gasteiger partial charge in [0.1, 0.15) is 6.54 Å². The molecule has 112 valence electrons. The van der Waals surface area contributed by atoms with Crippen LogP contribution in [0.4, 0.5) is 10.5 Å². The van der Waals surface area contributed by atoms with E-state index in [1.807, 2.05) is 6.07 Å². The van der Waals surface area contributed by atoms with Gasteiger partial charge in [0.05, 0.1) is 0 Å². The van der Waals surface area contributed by atoms with Crippen LogP contribution in [0.3, 0.4) is 0 Å². The molecule has 2 N–H and O–H groups in total. The number of aliphatic carboxylic acids is 1. The Bertz CT molecular complexity index is 562. The molecule has 2 amide bonds. The Hall–Kier alpha value is -2.02. The molecule has 0 aromatic heterocycles. The number of aryl methyl sites for hydroxylation is 1. The zero-order valence-electron chi connectivity index (χ0n) is 11.4. The minimum absolute atomic E-state index is 0.0468. The van der Waals surface area contributed by atoms with Crippen molar-refractivity contribution < 1.29 is 19.5 Å². The van der Waals surface area contributed by atoms with Crippen LogP contribution in [0.5, 0.6) is 0 Å².